The summed E-state index contributed by atoms with van der Waals surface area (Å²) in [6.45, 7) is 2.31. The fraction of sp³-hybridized carbons (Fsp3) is 0.750. The average Bonchev–Trinajstić information content (AvgIpc) is 2.87. The number of hydrogen-bond acceptors (Lipinski definition) is 2. The van der Waals surface area contributed by atoms with Crippen LogP contribution in [0, 0.1) is 11.8 Å². The Balaban J connectivity index is 1.63. The molecule has 3 rings (SSSR count). The second-order valence-corrected chi connectivity index (χ2v) is 7.07. The van der Waals surface area contributed by atoms with Crippen molar-refractivity contribution in [3.05, 3.63) is 22.4 Å². The van der Waals surface area contributed by atoms with Crippen LogP contribution in [0.3, 0.4) is 0 Å². The third-order valence-electron chi connectivity index (χ3n) is 4.70. The van der Waals surface area contributed by atoms with Gasteiger partial charge in [-0.2, -0.15) is 0 Å². The summed E-state index contributed by atoms with van der Waals surface area (Å²) in [5.74, 6) is 1.87. The summed E-state index contributed by atoms with van der Waals surface area (Å²) in [5.41, 5.74) is 0. The summed E-state index contributed by atoms with van der Waals surface area (Å²) in [7, 11) is 0. The molecule has 100 valence electrons. The van der Waals surface area contributed by atoms with E-state index in [9.17, 15) is 0 Å². The molecule has 0 saturated heterocycles. The number of nitrogens with one attached hydrogen (secondary N) is 1. The molecular weight excluding hydrogens is 238 g/mol. The highest BCUT2D eigenvalue weighted by atomic mass is 32.1. The largest absolute Gasteiger partial charge is 0.306 e. The standard InChI is InChI=1S/C16H25NS/c1-2-6-13-11-14(13)17-16(12-7-3-4-8-12)15-9-5-10-18-15/h5,9-10,12-14,16-17H,2-4,6-8,11H2,1H3. The molecule has 2 saturated carbocycles. The third-order valence-corrected chi connectivity index (χ3v) is 5.65. The summed E-state index contributed by atoms with van der Waals surface area (Å²) in [6.07, 6.45) is 9.92. The van der Waals surface area contributed by atoms with Crippen molar-refractivity contribution < 1.29 is 0 Å². The molecule has 1 aromatic heterocycles. The van der Waals surface area contributed by atoms with Crippen molar-refractivity contribution in [3.8, 4) is 0 Å². The van der Waals surface area contributed by atoms with E-state index in [-0.39, 0.29) is 0 Å². The first-order valence-electron chi connectivity index (χ1n) is 7.68. The summed E-state index contributed by atoms with van der Waals surface area (Å²) < 4.78 is 0. The van der Waals surface area contributed by atoms with E-state index < -0.39 is 0 Å². The van der Waals surface area contributed by atoms with Crippen LogP contribution in [-0.4, -0.2) is 6.04 Å². The van der Waals surface area contributed by atoms with Crippen molar-refractivity contribution >= 4 is 11.3 Å². The number of hydrogen-bond donors (Lipinski definition) is 1. The molecule has 3 atom stereocenters. The van der Waals surface area contributed by atoms with Crippen molar-refractivity contribution in [1.29, 1.82) is 0 Å². The molecule has 18 heavy (non-hydrogen) atoms. The molecule has 0 aromatic carbocycles. The molecule has 0 bridgehead atoms. The molecule has 1 N–H and O–H groups in total. The van der Waals surface area contributed by atoms with Gasteiger partial charge in [-0.1, -0.05) is 32.3 Å². The van der Waals surface area contributed by atoms with Crippen molar-refractivity contribution in [2.45, 2.75) is 64.0 Å². The Morgan fingerprint density at radius 2 is 2.22 bits per heavy atom. The average molecular weight is 263 g/mol. The molecular formula is C16H25NS. The molecule has 1 aromatic rings. The lowest BCUT2D eigenvalue weighted by molar-refractivity contribution is 0.362. The normalized spacial score (nSPS) is 29.6. The zero-order valence-corrected chi connectivity index (χ0v) is 12.2. The molecule has 2 aliphatic rings. The van der Waals surface area contributed by atoms with Crippen LogP contribution in [0.25, 0.3) is 0 Å². The highest BCUT2D eigenvalue weighted by Gasteiger charge is 2.39. The van der Waals surface area contributed by atoms with Gasteiger partial charge in [-0.15, -0.1) is 11.3 Å². The first-order valence-corrected chi connectivity index (χ1v) is 8.56. The van der Waals surface area contributed by atoms with E-state index >= 15 is 0 Å². The van der Waals surface area contributed by atoms with Gasteiger partial charge in [0.15, 0.2) is 0 Å². The summed E-state index contributed by atoms with van der Waals surface area (Å²) >= 11 is 1.94. The molecule has 0 spiro atoms. The fourth-order valence-electron chi connectivity index (χ4n) is 3.58. The molecule has 3 unspecified atom stereocenters. The van der Waals surface area contributed by atoms with Crippen molar-refractivity contribution in [2.75, 3.05) is 0 Å². The molecule has 0 radical (unpaired) electrons. The Kier molecular flexibility index (Phi) is 4.05. The maximum atomic E-state index is 3.98. The molecule has 0 amide bonds. The Labute approximate surface area is 115 Å². The van der Waals surface area contributed by atoms with Crippen molar-refractivity contribution in [2.24, 2.45) is 11.8 Å². The third kappa shape index (κ3) is 2.80. The van der Waals surface area contributed by atoms with Crippen LogP contribution in [0.2, 0.25) is 0 Å². The van der Waals surface area contributed by atoms with Crippen LogP contribution in [-0.2, 0) is 0 Å². The first-order chi connectivity index (χ1) is 8.88. The molecule has 2 heteroatoms. The van der Waals surface area contributed by atoms with Gasteiger partial charge in [-0.25, -0.2) is 0 Å². The predicted octanol–water partition coefficient (Wildman–Crippen LogP) is 4.76. The lowest BCUT2D eigenvalue weighted by atomic mass is 9.96. The Bertz CT molecular complexity index is 353. The quantitative estimate of drug-likeness (QED) is 0.780. The minimum Gasteiger partial charge on any atom is -0.306 e. The highest BCUT2D eigenvalue weighted by Crippen LogP contribution is 2.42. The SMILES string of the molecule is CCCC1CC1NC(c1cccs1)C1CCCC1. The van der Waals surface area contributed by atoms with Gasteiger partial charge in [-0.3, -0.25) is 0 Å². The van der Waals surface area contributed by atoms with E-state index in [1.807, 2.05) is 11.3 Å². The Morgan fingerprint density at radius 1 is 1.39 bits per heavy atom. The van der Waals surface area contributed by atoms with Crippen LogP contribution in [0.5, 0.6) is 0 Å². The van der Waals surface area contributed by atoms with E-state index in [1.165, 1.54) is 44.9 Å². The Morgan fingerprint density at radius 3 is 2.89 bits per heavy atom. The fourth-order valence-corrected chi connectivity index (χ4v) is 4.46. The topological polar surface area (TPSA) is 12.0 Å². The monoisotopic (exact) mass is 263 g/mol. The second kappa shape index (κ2) is 5.75. The van der Waals surface area contributed by atoms with Crippen molar-refractivity contribution in [1.82, 2.24) is 5.32 Å². The summed E-state index contributed by atoms with van der Waals surface area (Å²) in [4.78, 5) is 1.57. The highest BCUT2D eigenvalue weighted by molar-refractivity contribution is 7.10. The van der Waals surface area contributed by atoms with Crippen LogP contribution >= 0.6 is 11.3 Å². The molecule has 2 aliphatic carbocycles. The predicted molar refractivity (Wildman–Crippen MR) is 79.0 cm³/mol. The zero-order chi connectivity index (χ0) is 12.4. The number of rotatable bonds is 6. The van der Waals surface area contributed by atoms with Crippen LogP contribution in [0.1, 0.15) is 62.8 Å². The Hall–Kier alpha value is -0.340. The van der Waals surface area contributed by atoms with E-state index in [0.29, 0.717) is 6.04 Å². The van der Waals surface area contributed by atoms with Gasteiger partial charge in [0, 0.05) is 17.0 Å². The van der Waals surface area contributed by atoms with Gasteiger partial charge in [0.1, 0.15) is 0 Å². The maximum Gasteiger partial charge on any atom is 0.0445 e. The molecule has 0 aliphatic heterocycles. The summed E-state index contributed by atoms with van der Waals surface area (Å²) in [5, 5.41) is 6.21. The van der Waals surface area contributed by atoms with E-state index in [1.54, 1.807) is 4.88 Å². The minimum absolute atomic E-state index is 0.652. The minimum atomic E-state index is 0.652. The van der Waals surface area contributed by atoms with Crippen molar-refractivity contribution in [3.63, 3.8) is 0 Å². The van der Waals surface area contributed by atoms with Gasteiger partial charge in [0.05, 0.1) is 0 Å². The summed E-state index contributed by atoms with van der Waals surface area (Å²) in [6, 6.07) is 6.01. The second-order valence-electron chi connectivity index (χ2n) is 6.10. The van der Waals surface area contributed by atoms with Gasteiger partial charge in [0.25, 0.3) is 0 Å². The molecule has 1 nitrogen and oxygen atoms in total. The molecule has 1 heterocycles. The maximum absolute atomic E-state index is 3.98. The lowest BCUT2D eigenvalue weighted by Crippen LogP contribution is -2.29. The smallest absolute Gasteiger partial charge is 0.0445 e. The van der Waals surface area contributed by atoms with Gasteiger partial charge >= 0.3 is 0 Å². The number of thiophene rings is 1. The van der Waals surface area contributed by atoms with E-state index in [2.05, 4.69) is 29.8 Å². The van der Waals surface area contributed by atoms with Gasteiger partial charge in [0.2, 0.25) is 0 Å². The van der Waals surface area contributed by atoms with E-state index in [4.69, 9.17) is 0 Å². The van der Waals surface area contributed by atoms with Gasteiger partial charge in [-0.05, 0) is 49.0 Å². The van der Waals surface area contributed by atoms with Crippen LogP contribution in [0.15, 0.2) is 17.5 Å². The lowest BCUT2D eigenvalue weighted by Gasteiger charge is -2.24. The van der Waals surface area contributed by atoms with Crippen LogP contribution in [0.4, 0.5) is 0 Å². The van der Waals surface area contributed by atoms with Gasteiger partial charge < -0.3 is 5.32 Å². The molecule has 2 fully saturated rings. The van der Waals surface area contributed by atoms with Crippen LogP contribution < -0.4 is 5.32 Å². The first kappa shape index (κ1) is 12.7. The van der Waals surface area contributed by atoms with E-state index in [0.717, 1.165) is 17.9 Å². The zero-order valence-electron chi connectivity index (χ0n) is 11.4.